The number of para-hydroxylation sites is 1. The van der Waals surface area contributed by atoms with Gasteiger partial charge < -0.3 is 9.32 Å². The second kappa shape index (κ2) is 6.35. The Kier molecular flexibility index (Phi) is 3.91. The lowest BCUT2D eigenvalue weighted by atomic mass is 10.2. The number of furan rings is 1. The molecule has 4 rings (SSSR count). The van der Waals surface area contributed by atoms with Gasteiger partial charge in [0.2, 0.25) is 5.91 Å². The van der Waals surface area contributed by atoms with Crippen molar-refractivity contribution in [2.45, 2.75) is 31.8 Å². The highest BCUT2D eigenvalue weighted by Gasteiger charge is 2.33. The van der Waals surface area contributed by atoms with Crippen molar-refractivity contribution >= 4 is 5.91 Å². The van der Waals surface area contributed by atoms with Crippen molar-refractivity contribution in [1.82, 2.24) is 14.7 Å². The maximum atomic E-state index is 12.7. The summed E-state index contributed by atoms with van der Waals surface area (Å²) in [5, 5.41) is 4.36. The largest absolute Gasteiger partial charge is 0.467 e. The molecule has 2 aromatic heterocycles. The Labute approximate surface area is 140 Å². The molecule has 0 unspecified atom stereocenters. The molecule has 0 atom stereocenters. The van der Waals surface area contributed by atoms with Crippen LogP contribution in [0.15, 0.2) is 65.5 Å². The van der Waals surface area contributed by atoms with E-state index in [-0.39, 0.29) is 5.91 Å². The lowest BCUT2D eigenvalue weighted by Crippen LogP contribution is -2.33. The van der Waals surface area contributed by atoms with Crippen LogP contribution in [0.1, 0.15) is 24.2 Å². The highest BCUT2D eigenvalue weighted by Crippen LogP contribution is 2.29. The fourth-order valence-corrected chi connectivity index (χ4v) is 2.83. The first-order valence-electron chi connectivity index (χ1n) is 8.20. The Morgan fingerprint density at radius 3 is 2.75 bits per heavy atom. The molecule has 3 aromatic rings. The molecule has 2 heterocycles. The van der Waals surface area contributed by atoms with Gasteiger partial charge >= 0.3 is 0 Å². The second-order valence-corrected chi connectivity index (χ2v) is 6.14. The van der Waals surface area contributed by atoms with Crippen LogP contribution in [-0.2, 0) is 17.8 Å². The zero-order chi connectivity index (χ0) is 16.4. The maximum absolute atomic E-state index is 12.7. The lowest BCUT2D eigenvalue weighted by molar-refractivity contribution is -0.131. The Balaban J connectivity index is 1.46. The molecule has 1 amide bonds. The van der Waals surface area contributed by atoms with Crippen LogP contribution in [0.25, 0.3) is 5.69 Å². The van der Waals surface area contributed by atoms with Crippen LogP contribution in [0, 0.1) is 0 Å². The molecule has 0 saturated heterocycles. The zero-order valence-electron chi connectivity index (χ0n) is 13.3. The number of amides is 1. The number of rotatable bonds is 6. The molecule has 0 bridgehead atoms. The van der Waals surface area contributed by atoms with Gasteiger partial charge in [0.25, 0.3) is 0 Å². The fraction of sp³-hybridized carbons (Fsp3) is 0.263. The molecule has 1 saturated carbocycles. The van der Waals surface area contributed by atoms with E-state index in [1.54, 1.807) is 17.1 Å². The summed E-state index contributed by atoms with van der Waals surface area (Å²) in [6.45, 7) is 0.545. The fourth-order valence-electron chi connectivity index (χ4n) is 2.83. The Morgan fingerprint density at radius 1 is 1.21 bits per heavy atom. The first-order valence-corrected chi connectivity index (χ1v) is 8.20. The van der Waals surface area contributed by atoms with Gasteiger partial charge in [-0.1, -0.05) is 18.2 Å². The first kappa shape index (κ1) is 14.8. The van der Waals surface area contributed by atoms with Crippen molar-refractivity contribution in [3.8, 4) is 5.69 Å². The summed E-state index contributed by atoms with van der Waals surface area (Å²) in [5.74, 6) is 0.955. The van der Waals surface area contributed by atoms with E-state index in [2.05, 4.69) is 5.10 Å². The number of carbonyl (C=O) groups is 1. The summed E-state index contributed by atoms with van der Waals surface area (Å²) in [4.78, 5) is 14.6. The first-order chi connectivity index (χ1) is 11.8. The minimum atomic E-state index is 0.126. The van der Waals surface area contributed by atoms with Gasteiger partial charge in [0.1, 0.15) is 5.76 Å². The van der Waals surface area contributed by atoms with E-state index in [1.807, 2.05) is 53.6 Å². The van der Waals surface area contributed by atoms with Crippen molar-refractivity contribution < 1.29 is 9.21 Å². The molecule has 24 heavy (non-hydrogen) atoms. The summed E-state index contributed by atoms with van der Waals surface area (Å²) in [5.41, 5.74) is 1.92. The van der Waals surface area contributed by atoms with Crippen molar-refractivity contribution in [2.24, 2.45) is 0 Å². The van der Waals surface area contributed by atoms with E-state index in [1.165, 1.54) is 0 Å². The SMILES string of the molecule is O=C(Cc1cnn(-c2ccccc2)c1)N(Cc1ccco1)C1CC1. The van der Waals surface area contributed by atoms with Crippen LogP contribution in [0.3, 0.4) is 0 Å². The normalized spacial score (nSPS) is 13.8. The molecule has 5 heteroatoms. The van der Waals surface area contributed by atoms with Crippen LogP contribution in [0.4, 0.5) is 0 Å². The molecule has 1 aliphatic rings. The molecule has 5 nitrogen and oxygen atoms in total. The van der Waals surface area contributed by atoms with E-state index in [0.29, 0.717) is 19.0 Å². The molecule has 1 aromatic carbocycles. The second-order valence-electron chi connectivity index (χ2n) is 6.14. The third-order valence-corrected chi connectivity index (χ3v) is 4.23. The van der Waals surface area contributed by atoms with Gasteiger partial charge in [-0.25, -0.2) is 4.68 Å². The van der Waals surface area contributed by atoms with Crippen LogP contribution in [0.5, 0.6) is 0 Å². The Morgan fingerprint density at radius 2 is 2.04 bits per heavy atom. The molecule has 0 radical (unpaired) electrons. The number of carbonyl (C=O) groups excluding carboxylic acids is 1. The smallest absolute Gasteiger partial charge is 0.227 e. The molecule has 0 aliphatic heterocycles. The third-order valence-electron chi connectivity index (χ3n) is 4.23. The number of nitrogens with zero attached hydrogens (tertiary/aromatic N) is 3. The summed E-state index contributed by atoms with van der Waals surface area (Å²) < 4.78 is 7.20. The van der Waals surface area contributed by atoms with Gasteiger partial charge in [0.05, 0.1) is 31.1 Å². The average molecular weight is 321 g/mol. The standard InChI is InChI=1S/C19H19N3O2/c23-19(21(16-8-9-16)14-18-7-4-10-24-18)11-15-12-20-22(13-15)17-5-2-1-3-6-17/h1-7,10,12-13,16H,8-9,11,14H2. The minimum Gasteiger partial charge on any atom is -0.467 e. The highest BCUT2D eigenvalue weighted by molar-refractivity contribution is 5.79. The minimum absolute atomic E-state index is 0.126. The van der Waals surface area contributed by atoms with E-state index >= 15 is 0 Å². The van der Waals surface area contributed by atoms with Gasteiger partial charge in [0, 0.05) is 12.2 Å². The van der Waals surface area contributed by atoms with Gasteiger partial charge in [-0.05, 0) is 42.7 Å². The van der Waals surface area contributed by atoms with E-state index < -0.39 is 0 Å². The average Bonchev–Trinajstić information content (AvgIpc) is 3.11. The molecular weight excluding hydrogens is 302 g/mol. The predicted octanol–water partition coefficient (Wildman–Crippen LogP) is 3.20. The highest BCUT2D eigenvalue weighted by atomic mass is 16.3. The topological polar surface area (TPSA) is 51.3 Å². The molecular formula is C19H19N3O2. The quantitative estimate of drug-likeness (QED) is 0.700. The molecule has 0 spiro atoms. The van der Waals surface area contributed by atoms with Gasteiger partial charge in [-0.3, -0.25) is 4.79 Å². The number of aromatic nitrogens is 2. The van der Waals surface area contributed by atoms with Crippen LogP contribution >= 0.6 is 0 Å². The summed E-state index contributed by atoms with van der Waals surface area (Å²) in [6.07, 6.45) is 7.86. The van der Waals surface area contributed by atoms with Crippen molar-refractivity contribution in [3.05, 3.63) is 72.4 Å². The summed E-state index contributed by atoms with van der Waals surface area (Å²) in [6, 6.07) is 14.0. The molecule has 1 fully saturated rings. The van der Waals surface area contributed by atoms with Crippen LogP contribution in [0.2, 0.25) is 0 Å². The lowest BCUT2D eigenvalue weighted by Gasteiger charge is -2.21. The van der Waals surface area contributed by atoms with Gasteiger partial charge in [-0.2, -0.15) is 5.10 Å². The maximum Gasteiger partial charge on any atom is 0.227 e. The Hall–Kier alpha value is -2.82. The molecule has 122 valence electrons. The number of hydrogen-bond donors (Lipinski definition) is 0. The Bertz CT molecular complexity index is 804. The van der Waals surface area contributed by atoms with Crippen molar-refractivity contribution in [3.63, 3.8) is 0 Å². The van der Waals surface area contributed by atoms with Gasteiger partial charge in [-0.15, -0.1) is 0 Å². The molecule has 1 aliphatic carbocycles. The van der Waals surface area contributed by atoms with Crippen molar-refractivity contribution in [2.75, 3.05) is 0 Å². The van der Waals surface area contributed by atoms with Crippen molar-refractivity contribution in [1.29, 1.82) is 0 Å². The van der Waals surface area contributed by atoms with E-state index in [9.17, 15) is 4.79 Å². The zero-order valence-corrected chi connectivity index (χ0v) is 13.3. The van der Waals surface area contributed by atoms with Gasteiger partial charge in [0.15, 0.2) is 0 Å². The predicted molar refractivity (Wildman–Crippen MR) is 89.5 cm³/mol. The summed E-state index contributed by atoms with van der Waals surface area (Å²) in [7, 11) is 0. The number of benzene rings is 1. The van der Waals surface area contributed by atoms with Crippen LogP contribution in [-0.4, -0.2) is 26.6 Å². The van der Waals surface area contributed by atoms with E-state index in [0.717, 1.165) is 29.9 Å². The number of hydrogen-bond acceptors (Lipinski definition) is 3. The monoisotopic (exact) mass is 321 g/mol. The molecule has 0 N–H and O–H groups in total. The van der Waals surface area contributed by atoms with Crippen LogP contribution < -0.4 is 0 Å². The summed E-state index contributed by atoms with van der Waals surface area (Å²) >= 11 is 0. The van der Waals surface area contributed by atoms with E-state index in [4.69, 9.17) is 4.42 Å². The third kappa shape index (κ3) is 3.25.